The van der Waals surface area contributed by atoms with Gasteiger partial charge in [0.15, 0.2) is 0 Å². The Morgan fingerprint density at radius 3 is 2.96 bits per heavy atom. The maximum atomic E-state index is 12.3. The van der Waals surface area contributed by atoms with Gasteiger partial charge in [0.1, 0.15) is 0 Å². The predicted molar refractivity (Wildman–Crippen MR) is 98.2 cm³/mol. The highest BCUT2D eigenvalue weighted by Crippen LogP contribution is 2.25. The van der Waals surface area contributed by atoms with Crippen molar-refractivity contribution in [2.45, 2.75) is 51.1 Å². The molecule has 0 aromatic carbocycles. The monoisotopic (exact) mass is 371 g/mol. The zero-order valence-electron chi connectivity index (χ0n) is 13.8. The van der Waals surface area contributed by atoms with E-state index in [0.717, 1.165) is 32.2 Å². The summed E-state index contributed by atoms with van der Waals surface area (Å²) in [6.07, 6.45) is 4.74. The van der Waals surface area contributed by atoms with Gasteiger partial charge in [-0.15, -0.1) is 23.7 Å². The van der Waals surface area contributed by atoms with Crippen LogP contribution in [0.2, 0.25) is 0 Å². The Morgan fingerprint density at radius 1 is 1.33 bits per heavy atom. The van der Waals surface area contributed by atoms with Gasteiger partial charge in [-0.2, -0.15) is 0 Å². The summed E-state index contributed by atoms with van der Waals surface area (Å²) in [5, 5.41) is 5.15. The molecule has 2 heterocycles. The molecule has 7 heteroatoms. The van der Waals surface area contributed by atoms with Gasteiger partial charge in [-0.3, -0.25) is 9.59 Å². The Hall–Kier alpha value is -1.11. The summed E-state index contributed by atoms with van der Waals surface area (Å²) in [5.74, 6) is 0.462. The van der Waals surface area contributed by atoms with E-state index in [1.807, 2.05) is 4.90 Å². The Labute approximate surface area is 153 Å². The van der Waals surface area contributed by atoms with E-state index in [9.17, 15) is 9.59 Å². The van der Waals surface area contributed by atoms with E-state index in [4.69, 9.17) is 5.73 Å². The number of nitrogens with one attached hydrogen (secondary N) is 1. The molecule has 2 aliphatic rings. The molecular formula is C17H26ClN3O2S. The lowest BCUT2D eigenvalue weighted by molar-refractivity contribution is -0.134. The topological polar surface area (TPSA) is 75.4 Å². The van der Waals surface area contributed by atoms with Crippen LogP contribution < -0.4 is 11.1 Å². The van der Waals surface area contributed by atoms with Crippen LogP contribution in [0.4, 0.5) is 0 Å². The number of nitrogens with two attached hydrogens (primary N) is 1. The van der Waals surface area contributed by atoms with E-state index in [1.54, 1.807) is 11.3 Å². The molecule has 1 aromatic heterocycles. The second-order valence-corrected chi connectivity index (χ2v) is 7.54. The van der Waals surface area contributed by atoms with Gasteiger partial charge in [-0.25, -0.2) is 0 Å². The molecule has 1 aliphatic heterocycles. The summed E-state index contributed by atoms with van der Waals surface area (Å²) in [6.45, 7) is 2.09. The van der Waals surface area contributed by atoms with Crippen LogP contribution in [0, 0.1) is 5.92 Å². The van der Waals surface area contributed by atoms with Crippen LogP contribution in [0.25, 0.3) is 0 Å². The molecule has 1 aliphatic carbocycles. The van der Waals surface area contributed by atoms with Crippen LogP contribution in [0.15, 0.2) is 11.4 Å². The highest BCUT2D eigenvalue weighted by atomic mass is 35.5. The van der Waals surface area contributed by atoms with E-state index in [0.29, 0.717) is 25.4 Å². The second-order valence-electron chi connectivity index (χ2n) is 6.54. The summed E-state index contributed by atoms with van der Waals surface area (Å²) in [5.41, 5.74) is 7.00. The zero-order chi connectivity index (χ0) is 16.2. The Kier molecular flexibility index (Phi) is 7.07. The van der Waals surface area contributed by atoms with Crippen LogP contribution in [0.1, 0.15) is 42.5 Å². The van der Waals surface area contributed by atoms with Crippen molar-refractivity contribution in [2.24, 2.45) is 11.7 Å². The van der Waals surface area contributed by atoms with Crippen molar-refractivity contribution in [1.29, 1.82) is 0 Å². The highest BCUT2D eigenvalue weighted by molar-refractivity contribution is 7.10. The van der Waals surface area contributed by atoms with Crippen molar-refractivity contribution in [3.05, 3.63) is 21.9 Å². The van der Waals surface area contributed by atoms with E-state index in [2.05, 4.69) is 16.8 Å². The molecule has 5 nitrogen and oxygen atoms in total. The van der Waals surface area contributed by atoms with Gasteiger partial charge >= 0.3 is 0 Å². The van der Waals surface area contributed by atoms with Gasteiger partial charge in [0.2, 0.25) is 11.8 Å². The molecule has 1 fully saturated rings. The average molecular weight is 372 g/mol. The Balaban J connectivity index is 0.00000208. The fraction of sp³-hybridized carbons (Fsp3) is 0.647. The number of hydrogen-bond acceptors (Lipinski definition) is 4. The van der Waals surface area contributed by atoms with Gasteiger partial charge in [-0.05, 0) is 48.7 Å². The maximum absolute atomic E-state index is 12.3. The molecule has 3 N–H and O–H groups in total. The quantitative estimate of drug-likeness (QED) is 0.832. The summed E-state index contributed by atoms with van der Waals surface area (Å²) in [4.78, 5) is 27.7. The SMILES string of the molecule is Cl.NCC1CCCC1NC(=O)CCC(=O)N1CCc2sccc2C1. The molecule has 1 aromatic rings. The van der Waals surface area contributed by atoms with Crippen molar-refractivity contribution >= 4 is 35.6 Å². The normalized spacial score (nSPS) is 22.6. The summed E-state index contributed by atoms with van der Waals surface area (Å²) < 4.78 is 0. The maximum Gasteiger partial charge on any atom is 0.223 e. The molecule has 2 unspecified atom stereocenters. The minimum Gasteiger partial charge on any atom is -0.353 e. The smallest absolute Gasteiger partial charge is 0.223 e. The fourth-order valence-electron chi connectivity index (χ4n) is 3.63. The number of carbonyl (C=O) groups excluding carboxylic acids is 2. The average Bonchev–Trinajstić information content (AvgIpc) is 3.20. The second kappa shape index (κ2) is 8.83. The minimum atomic E-state index is -0.0167. The number of halogens is 1. The number of rotatable bonds is 5. The summed E-state index contributed by atoms with van der Waals surface area (Å²) in [7, 11) is 0. The van der Waals surface area contributed by atoms with Gasteiger partial charge in [-0.1, -0.05) is 6.42 Å². The molecule has 0 spiro atoms. The molecular weight excluding hydrogens is 346 g/mol. The molecule has 1 saturated carbocycles. The van der Waals surface area contributed by atoms with E-state index < -0.39 is 0 Å². The van der Waals surface area contributed by atoms with Crippen LogP contribution in [0.5, 0.6) is 0 Å². The third kappa shape index (κ3) is 4.49. The van der Waals surface area contributed by atoms with Crippen LogP contribution in [-0.2, 0) is 22.6 Å². The molecule has 0 bridgehead atoms. The molecule has 2 atom stereocenters. The number of amides is 2. The molecule has 134 valence electrons. The lowest BCUT2D eigenvalue weighted by Gasteiger charge is -2.27. The van der Waals surface area contributed by atoms with E-state index in [1.165, 1.54) is 10.4 Å². The lowest BCUT2D eigenvalue weighted by Crippen LogP contribution is -2.40. The molecule has 24 heavy (non-hydrogen) atoms. The van der Waals surface area contributed by atoms with Gasteiger partial charge in [0, 0.05) is 36.9 Å². The first-order valence-corrected chi connectivity index (χ1v) is 9.38. The number of nitrogens with zero attached hydrogens (tertiary/aromatic N) is 1. The van der Waals surface area contributed by atoms with Crippen molar-refractivity contribution < 1.29 is 9.59 Å². The van der Waals surface area contributed by atoms with Crippen molar-refractivity contribution in [3.63, 3.8) is 0 Å². The van der Waals surface area contributed by atoms with Crippen LogP contribution in [0.3, 0.4) is 0 Å². The van der Waals surface area contributed by atoms with Crippen LogP contribution in [-0.4, -0.2) is 35.8 Å². The number of thiophene rings is 1. The molecule has 0 radical (unpaired) electrons. The predicted octanol–water partition coefficient (Wildman–Crippen LogP) is 2.08. The van der Waals surface area contributed by atoms with Crippen molar-refractivity contribution in [3.8, 4) is 0 Å². The number of hydrogen-bond donors (Lipinski definition) is 2. The fourth-order valence-corrected chi connectivity index (χ4v) is 4.52. The van der Waals surface area contributed by atoms with Crippen LogP contribution >= 0.6 is 23.7 Å². The minimum absolute atomic E-state index is 0. The third-order valence-corrected chi connectivity index (χ3v) is 6.06. The first-order chi connectivity index (χ1) is 11.2. The first-order valence-electron chi connectivity index (χ1n) is 8.50. The Bertz CT molecular complexity index is 578. The van der Waals surface area contributed by atoms with E-state index >= 15 is 0 Å². The third-order valence-electron chi connectivity index (χ3n) is 5.03. The van der Waals surface area contributed by atoms with E-state index in [-0.39, 0.29) is 36.7 Å². The van der Waals surface area contributed by atoms with Gasteiger partial charge < -0.3 is 16.0 Å². The Morgan fingerprint density at radius 2 is 2.17 bits per heavy atom. The molecule has 2 amide bonds. The zero-order valence-corrected chi connectivity index (χ0v) is 15.5. The summed E-state index contributed by atoms with van der Waals surface area (Å²) in [6, 6.07) is 2.30. The van der Waals surface area contributed by atoms with Gasteiger partial charge in [0.25, 0.3) is 0 Å². The molecule has 3 rings (SSSR count). The van der Waals surface area contributed by atoms with Crippen molar-refractivity contribution in [1.82, 2.24) is 10.2 Å². The largest absolute Gasteiger partial charge is 0.353 e. The summed E-state index contributed by atoms with van der Waals surface area (Å²) >= 11 is 1.77. The lowest BCUT2D eigenvalue weighted by atomic mass is 10.0. The standard InChI is InChI=1S/C17H25N3O2S.ClH/c18-10-12-2-1-3-14(12)19-16(21)4-5-17(22)20-8-6-15-13(11-20)7-9-23-15;/h7,9,12,14H,1-6,8,10-11,18H2,(H,19,21);1H. The first kappa shape index (κ1) is 19.2. The van der Waals surface area contributed by atoms with Crippen molar-refractivity contribution in [2.75, 3.05) is 13.1 Å². The number of fused-ring (bicyclic) bond motifs is 1. The molecule has 0 saturated heterocycles. The number of carbonyl (C=O) groups is 2. The van der Waals surface area contributed by atoms with Gasteiger partial charge in [0.05, 0.1) is 0 Å². The highest BCUT2D eigenvalue weighted by Gasteiger charge is 2.27.